The van der Waals surface area contributed by atoms with E-state index in [9.17, 15) is 9.59 Å². The van der Waals surface area contributed by atoms with Crippen LogP contribution < -0.4 is 20.1 Å². The van der Waals surface area contributed by atoms with Gasteiger partial charge < -0.3 is 20.1 Å². The number of carbonyl (C=O) groups is 2. The summed E-state index contributed by atoms with van der Waals surface area (Å²) in [7, 11) is 1.56. The van der Waals surface area contributed by atoms with Gasteiger partial charge in [-0.05, 0) is 43.7 Å². The van der Waals surface area contributed by atoms with Crippen molar-refractivity contribution in [3.05, 3.63) is 58.6 Å². The van der Waals surface area contributed by atoms with Crippen molar-refractivity contribution in [3.63, 3.8) is 0 Å². The van der Waals surface area contributed by atoms with Crippen molar-refractivity contribution in [1.82, 2.24) is 10.6 Å². The minimum absolute atomic E-state index is 0.300. The number of amides is 2. The Bertz CT molecular complexity index is 810. The van der Waals surface area contributed by atoms with E-state index in [0.717, 1.165) is 5.56 Å². The van der Waals surface area contributed by atoms with E-state index in [-0.39, 0.29) is 5.91 Å². The van der Waals surface area contributed by atoms with Crippen LogP contribution in [0.15, 0.2) is 42.5 Å². The molecule has 0 aliphatic carbocycles. The second kappa shape index (κ2) is 9.83. The monoisotopic (exact) mass is 390 g/mol. The molecule has 0 fully saturated rings. The van der Waals surface area contributed by atoms with Crippen molar-refractivity contribution < 1.29 is 19.1 Å². The minimum atomic E-state index is -0.710. The van der Waals surface area contributed by atoms with Crippen molar-refractivity contribution in [3.8, 4) is 11.5 Å². The van der Waals surface area contributed by atoms with E-state index in [4.69, 9.17) is 21.1 Å². The maximum atomic E-state index is 12.3. The molecule has 0 radical (unpaired) electrons. The highest BCUT2D eigenvalue weighted by Gasteiger charge is 2.18. The summed E-state index contributed by atoms with van der Waals surface area (Å²) in [6.07, 6.45) is 0. The van der Waals surface area contributed by atoms with Crippen LogP contribution in [0.25, 0.3) is 0 Å². The molecule has 2 amide bonds. The van der Waals surface area contributed by atoms with E-state index in [1.807, 2.05) is 13.0 Å². The highest BCUT2D eigenvalue weighted by Crippen LogP contribution is 2.27. The summed E-state index contributed by atoms with van der Waals surface area (Å²) in [5.74, 6) is 0.549. The maximum absolute atomic E-state index is 12.3. The first-order valence-electron chi connectivity index (χ1n) is 8.59. The number of hydrogen-bond acceptors (Lipinski definition) is 4. The summed E-state index contributed by atoms with van der Waals surface area (Å²) in [5, 5.41) is 5.77. The lowest BCUT2D eigenvalue weighted by atomic mass is 10.1. The Morgan fingerprint density at radius 3 is 2.56 bits per heavy atom. The summed E-state index contributed by atoms with van der Waals surface area (Å²) in [5.41, 5.74) is 1.18. The molecule has 0 saturated carbocycles. The average Bonchev–Trinajstić information content (AvgIpc) is 2.67. The summed E-state index contributed by atoms with van der Waals surface area (Å²) in [4.78, 5) is 24.5. The van der Waals surface area contributed by atoms with Crippen LogP contribution in [0.4, 0.5) is 0 Å². The molecule has 27 heavy (non-hydrogen) atoms. The third-order valence-corrected chi connectivity index (χ3v) is 4.18. The molecule has 0 heterocycles. The molecule has 0 aliphatic rings. The van der Waals surface area contributed by atoms with Gasteiger partial charge >= 0.3 is 0 Å². The van der Waals surface area contributed by atoms with E-state index in [0.29, 0.717) is 35.2 Å². The molecule has 1 unspecified atom stereocenters. The van der Waals surface area contributed by atoms with Crippen molar-refractivity contribution in [2.45, 2.75) is 26.4 Å². The van der Waals surface area contributed by atoms with Gasteiger partial charge in [0.1, 0.15) is 6.04 Å². The van der Waals surface area contributed by atoms with E-state index >= 15 is 0 Å². The van der Waals surface area contributed by atoms with Crippen LogP contribution >= 0.6 is 11.6 Å². The van der Waals surface area contributed by atoms with Crippen LogP contribution in [0.5, 0.6) is 11.5 Å². The Kier molecular flexibility index (Phi) is 7.49. The number of rotatable bonds is 8. The van der Waals surface area contributed by atoms with Gasteiger partial charge in [-0.25, -0.2) is 0 Å². The molecule has 6 nitrogen and oxygen atoms in total. The average molecular weight is 391 g/mol. The molecular formula is C20H23ClN2O4. The SMILES string of the molecule is CCOc1ccc(CNC(=O)C(C)NC(=O)c2ccccc2Cl)cc1OC. The predicted molar refractivity (Wildman–Crippen MR) is 104 cm³/mol. The number of halogens is 1. The van der Waals surface area contributed by atoms with Gasteiger partial charge in [-0.15, -0.1) is 0 Å². The molecule has 7 heteroatoms. The second-order valence-electron chi connectivity index (χ2n) is 5.81. The number of ether oxygens (including phenoxy) is 2. The summed E-state index contributed by atoms with van der Waals surface area (Å²) in [6, 6.07) is 11.4. The number of benzene rings is 2. The van der Waals surface area contributed by atoms with E-state index in [1.54, 1.807) is 50.4 Å². The van der Waals surface area contributed by atoms with Gasteiger partial charge in [0.25, 0.3) is 5.91 Å². The Hall–Kier alpha value is -2.73. The Morgan fingerprint density at radius 2 is 1.89 bits per heavy atom. The zero-order valence-corrected chi connectivity index (χ0v) is 16.3. The molecular weight excluding hydrogens is 368 g/mol. The van der Waals surface area contributed by atoms with Crippen LogP contribution in [0, 0.1) is 0 Å². The van der Waals surface area contributed by atoms with Gasteiger partial charge in [-0.2, -0.15) is 0 Å². The number of methoxy groups -OCH3 is 1. The van der Waals surface area contributed by atoms with E-state index < -0.39 is 11.9 Å². The highest BCUT2D eigenvalue weighted by molar-refractivity contribution is 6.33. The molecule has 144 valence electrons. The third-order valence-electron chi connectivity index (χ3n) is 3.85. The van der Waals surface area contributed by atoms with Crippen LogP contribution in [0.3, 0.4) is 0 Å². The predicted octanol–water partition coefficient (Wildman–Crippen LogP) is 3.18. The lowest BCUT2D eigenvalue weighted by molar-refractivity contribution is -0.122. The largest absolute Gasteiger partial charge is 0.493 e. The Labute approximate surface area is 163 Å². The number of hydrogen-bond donors (Lipinski definition) is 2. The van der Waals surface area contributed by atoms with Crippen molar-refractivity contribution in [1.29, 1.82) is 0 Å². The smallest absolute Gasteiger partial charge is 0.253 e. The van der Waals surface area contributed by atoms with Crippen molar-refractivity contribution >= 4 is 23.4 Å². The quantitative estimate of drug-likeness (QED) is 0.725. The molecule has 2 rings (SSSR count). The van der Waals surface area contributed by atoms with Gasteiger partial charge in [-0.3, -0.25) is 9.59 Å². The van der Waals surface area contributed by atoms with Crippen LogP contribution in [-0.4, -0.2) is 31.6 Å². The van der Waals surface area contributed by atoms with Crippen molar-refractivity contribution in [2.24, 2.45) is 0 Å². The first-order valence-corrected chi connectivity index (χ1v) is 8.96. The highest BCUT2D eigenvalue weighted by atomic mass is 35.5. The molecule has 2 N–H and O–H groups in total. The summed E-state index contributed by atoms with van der Waals surface area (Å²) >= 11 is 6.00. The summed E-state index contributed by atoms with van der Waals surface area (Å²) < 4.78 is 10.8. The standard InChI is InChI=1S/C20H23ClN2O4/c1-4-27-17-10-9-14(11-18(17)26-3)12-22-19(24)13(2)23-20(25)15-7-5-6-8-16(15)21/h5-11,13H,4,12H2,1-3H3,(H,22,24)(H,23,25). The van der Waals surface area contributed by atoms with Crippen LogP contribution in [0.2, 0.25) is 5.02 Å². The van der Waals surface area contributed by atoms with Crippen LogP contribution in [0.1, 0.15) is 29.8 Å². The van der Waals surface area contributed by atoms with E-state index in [1.165, 1.54) is 0 Å². The zero-order valence-electron chi connectivity index (χ0n) is 15.5. The topological polar surface area (TPSA) is 76.7 Å². The van der Waals surface area contributed by atoms with E-state index in [2.05, 4.69) is 10.6 Å². The fraction of sp³-hybridized carbons (Fsp3) is 0.300. The van der Waals surface area contributed by atoms with Gasteiger partial charge in [-0.1, -0.05) is 29.8 Å². The van der Waals surface area contributed by atoms with Crippen LogP contribution in [-0.2, 0) is 11.3 Å². The maximum Gasteiger partial charge on any atom is 0.253 e. The fourth-order valence-corrected chi connectivity index (χ4v) is 2.65. The first-order chi connectivity index (χ1) is 13.0. The Balaban J connectivity index is 1.93. The third kappa shape index (κ3) is 5.62. The molecule has 2 aromatic rings. The normalized spacial score (nSPS) is 11.4. The summed E-state index contributed by atoms with van der Waals surface area (Å²) in [6.45, 7) is 4.34. The molecule has 0 aliphatic heterocycles. The molecule has 1 atom stereocenters. The molecule has 0 bridgehead atoms. The molecule has 0 aromatic heterocycles. The second-order valence-corrected chi connectivity index (χ2v) is 6.22. The Morgan fingerprint density at radius 1 is 1.15 bits per heavy atom. The van der Waals surface area contributed by atoms with Crippen molar-refractivity contribution in [2.75, 3.05) is 13.7 Å². The van der Waals surface area contributed by atoms with Gasteiger partial charge in [0, 0.05) is 6.54 Å². The number of carbonyl (C=O) groups excluding carboxylic acids is 2. The first kappa shape index (κ1) is 20.6. The molecule has 0 saturated heterocycles. The molecule has 0 spiro atoms. The van der Waals surface area contributed by atoms with Gasteiger partial charge in [0.15, 0.2) is 11.5 Å². The number of nitrogens with one attached hydrogen (secondary N) is 2. The van der Waals surface area contributed by atoms with Gasteiger partial charge in [0.05, 0.1) is 24.3 Å². The zero-order chi connectivity index (χ0) is 19.8. The van der Waals surface area contributed by atoms with Gasteiger partial charge in [0.2, 0.25) is 5.91 Å². The minimum Gasteiger partial charge on any atom is -0.493 e. The molecule has 2 aromatic carbocycles. The lowest BCUT2D eigenvalue weighted by Crippen LogP contribution is -2.44. The lowest BCUT2D eigenvalue weighted by Gasteiger charge is -2.15. The fourth-order valence-electron chi connectivity index (χ4n) is 2.42.